The summed E-state index contributed by atoms with van der Waals surface area (Å²) in [6.07, 6.45) is 3.54. The second-order valence-electron chi connectivity index (χ2n) is 6.79. The minimum Gasteiger partial charge on any atom is -0.283 e. The van der Waals surface area contributed by atoms with Crippen molar-refractivity contribution in [3.05, 3.63) is 89.7 Å². The second-order valence-corrected chi connectivity index (χ2v) is 8.78. The number of fused-ring (bicyclic) bond motifs is 1. The Balaban J connectivity index is 1.54. The van der Waals surface area contributed by atoms with Gasteiger partial charge in [0.1, 0.15) is 0 Å². The zero-order valence-electron chi connectivity index (χ0n) is 16.1. The molecule has 0 bridgehead atoms. The molecule has 4 rings (SSSR count). The third kappa shape index (κ3) is 5.02. The highest BCUT2D eigenvalue weighted by molar-refractivity contribution is 7.99. The van der Waals surface area contributed by atoms with Gasteiger partial charge >= 0.3 is 0 Å². The van der Waals surface area contributed by atoms with E-state index in [1.165, 1.54) is 11.1 Å². The number of thiazole rings is 1. The predicted molar refractivity (Wildman–Crippen MR) is 122 cm³/mol. The number of hydrogen-bond acceptors (Lipinski definition) is 5. The van der Waals surface area contributed by atoms with Gasteiger partial charge in [0.25, 0.3) is 0 Å². The molecule has 4 aromatic rings. The van der Waals surface area contributed by atoms with Crippen LogP contribution in [-0.2, 0) is 17.1 Å². The molecule has 29 heavy (non-hydrogen) atoms. The van der Waals surface area contributed by atoms with Gasteiger partial charge in [-0.05, 0) is 41.8 Å². The Bertz CT molecular complexity index is 1100. The van der Waals surface area contributed by atoms with Crippen molar-refractivity contribution < 1.29 is 4.79 Å². The van der Waals surface area contributed by atoms with E-state index in [2.05, 4.69) is 36.2 Å². The van der Waals surface area contributed by atoms with Gasteiger partial charge in [0.2, 0.25) is 5.91 Å². The highest BCUT2D eigenvalue weighted by Gasteiger charge is 2.20. The van der Waals surface area contributed by atoms with Crippen LogP contribution in [0.4, 0.5) is 5.13 Å². The Hall–Kier alpha value is -2.70. The molecule has 0 atom stereocenters. The van der Waals surface area contributed by atoms with E-state index in [0.29, 0.717) is 12.3 Å². The Morgan fingerprint density at radius 1 is 1.07 bits per heavy atom. The lowest BCUT2D eigenvalue weighted by Crippen LogP contribution is -2.31. The van der Waals surface area contributed by atoms with Crippen molar-refractivity contribution in [2.24, 2.45) is 0 Å². The number of hydrogen-bond donors (Lipinski definition) is 0. The van der Waals surface area contributed by atoms with Crippen LogP contribution >= 0.6 is 23.1 Å². The smallest absolute Gasteiger partial charge is 0.239 e. The maximum absolute atomic E-state index is 13.1. The number of amides is 1. The summed E-state index contributed by atoms with van der Waals surface area (Å²) in [4.78, 5) is 23.8. The maximum atomic E-state index is 13.1. The lowest BCUT2D eigenvalue weighted by molar-refractivity contribution is -0.116. The van der Waals surface area contributed by atoms with Gasteiger partial charge in [0.05, 0.1) is 22.5 Å². The Morgan fingerprint density at radius 3 is 2.69 bits per heavy atom. The van der Waals surface area contributed by atoms with Crippen LogP contribution in [0.1, 0.15) is 16.7 Å². The molecule has 0 aliphatic heterocycles. The third-order valence-electron chi connectivity index (χ3n) is 4.47. The molecule has 0 saturated heterocycles. The molecule has 2 heterocycles. The summed E-state index contributed by atoms with van der Waals surface area (Å²) in [6.45, 7) is 2.54. The van der Waals surface area contributed by atoms with Crippen LogP contribution in [0.5, 0.6) is 0 Å². The minimum absolute atomic E-state index is 0.0607. The molecule has 0 aliphatic rings. The molecule has 2 aromatic carbocycles. The van der Waals surface area contributed by atoms with E-state index in [9.17, 15) is 4.79 Å². The number of pyridine rings is 1. The number of carbonyl (C=O) groups is 1. The highest BCUT2D eigenvalue weighted by atomic mass is 32.2. The summed E-state index contributed by atoms with van der Waals surface area (Å²) >= 11 is 3.19. The molecule has 4 nitrogen and oxygen atoms in total. The van der Waals surface area contributed by atoms with Crippen molar-refractivity contribution in [2.45, 2.75) is 19.2 Å². The van der Waals surface area contributed by atoms with Gasteiger partial charge in [-0.1, -0.05) is 53.8 Å². The molecule has 0 spiro atoms. The highest BCUT2D eigenvalue weighted by Crippen LogP contribution is 2.31. The van der Waals surface area contributed by atoms with E-state index in [-0.39, 0.29) is 5.91 Å². The van der Waals surface area contributed by atoms with Crippen LogP contribution in [0.3, 0.4) is 0 Å². The first-order valence-corrected chi connectivity index (χ1v) is 11.3. The van der Waals surface area contributed by atoms with Gasteiger partial charge in [-0.25, -0.2) is 4.98 Å². The average Bonchev–Trinajstić information content (AvgIpc) is 3.16. The number of anilines is 1. The number of rotatable bonds is 7. The minimum atomic E-state index is 0.0607. The molecule has 0 unspecified atom stereocenters. The van der Waals surface area contributed by atoms with Gasteiger partial charge < -0.3 is 0 Å². The average molecular weight is 420 g/mol. The number of benzene rings is 2. The van der Waals surface area contributed by atoms with Gasteiger partial charge in [-0.2, -0.15) is 0 Å². The second kappa shape index (κ2) is 9.20. The molecule has 0 N–H and O–H groups in total. The number of carbonyl (C=O) groups excluding carboxylic acids is 1. The topological polar surface area (TPSA) is 46.1 Å². The molecule has 0 saturated carbocycles. The number of thioether (sulfide) groups is 1. The van der Waals surface area contributed by atoms with Gasteiger partial charge in [0.15, 0.2) is 5.13 Å². The van der Waals surface area contributed by atoms with Gasteiger partial charge in [-0.15, -0.1) is 11.8 Å². The van der Waals surface area contributed by atoms with Crippen LogP contribution < -0.4 is 4.90 Å². The molecule has 0 aliphatic carbocycles. The quantitative estimate of drug-likeness (QED) is 0.399. The summed E-state index contributed by atoms with van der Waals surface area (Å²) in [5.41, 5.74) is 4.33. The van der Waals surface area contributed by atoms with Crippen LogP contribution in [0.25, 0.3) is 10.2 Å². The van der Waals surface area contributed by atoms with Crippen molar-refractivity contribution in [3.8, 4) is 0 Å². The fourth-order valence-electron chi connectivity index (χ4n) is 2.98. The number of aryl methyl sites for hydroxylation is 1. The first kappa shape index (κ1) is 19.6. The van der Waals surface area contributed by atoms with Gasteiger partial charge in [0, 0.05) is 18.1 Å². The first-order valence-electron chi connectivity index (χ1n) is 9.37. The molecule has 1 amide bonds. The summed E-state index contributed by atoms with van der Waals surface area (Å²) in [6, 6.07) is 20.3. The SMILES string of the molecule is Cc1ccc2nc(N(Cc3cccnc3)C(=O)CSCc3ccccc3)sc2c1. The van der Waals surface area contributed by atoms with E-state index in [4.69, 9.17) is 4.98 Å². The van der Waals surface area contributed by atoms with E-state index in [1.807, 2.05) is 36.4 Å². The summed E-state index contributed by atoms with van der Waals surface area (Å²) in [5, 5.41) is 0.736. The van der Waals surface area contributed by atoms with E-state index in [1.54, 1.807) is 40.4 Å². The van der Waals surface area contributed by atoms with E-state index in [0.717, 1.165) is 26.7 Å². The van der Waals surface area contributed by atoms with Crippen LogP contribution in [0.2, 0.25) is 0 Å². The molecular weight excluding hydrogens is 398 g/mol. The summed E-state index contributed by atoms with van der Waals surface area (Å²) in [5.74, 6) is 1.28. The van der Waals surface area contributed by atoms with Crippen molar-refractivity contribution in [2.75, 3.05) is 10.7 Å². The number of nitrogens with zero attached hydrogens (tertiary/aromatic N) is 3. The predicted octanol–water partition coefficient (Wildman–Crippen LogP) is 5.47. The maximum Gasteiger partial charge on any atom is 0.239 e. The van der Waals surface area contributed by atoms with E-state index >= 15 is 0 Å². The lowest BCUT2D eigenvalue weighted by atomic mass is 10.2. The normalized spacial score (nSPS) is 10.9. The fraction of sp³-hybridized carbons (Fsp3) is 0.174. The van der Waals surface area contributed by atoms with Crippen molar-refractivity contribution in [3.63, 3.8) is 0 Å². The Morgan fingerprint density at radius 2 is 1.90 bits per heavy atom. The van der Waals surface area contributed by atoms with Crippen molar-refractivity contribution in [1.29, 1.82) is 0 Å². The van der Waals surface area contributed by atoms with Crippen molar-refractivity contribution in [1.82, 2.24) is 9.97 Å². The van der Waals surface area contributed by atoms with E-state index < -0.39 is 0 Å². The zero-order valence-corrected chi connectivity index (χ0v) is 17.7. The van der Waals surface area contributed by atoms with Gasteiger partial charge in [-0.3, -0.25) is 14.7 Å². The van der Waals surface area contributed by atoms with Crippen LogP contribution in [0.15, 0.2) is 73.1 Å². The summed E-state index contributed by atoms with van der Waals surface area (Å²) < 4.78 is 1.10. The molecule has 0 radical (unpaired) electrons. The Kier molecular flexibility index (Phi) is 6.22. The van der Waals surface area contributed by atoms with Crippen molar-refractivity contribution >= 4 is 44.4 Å². The molecule has 146 valence electrons. The molecule has 0 fully saturated rings. The molecular formula is C23H21N3OS2. The molecule has 2 aromatic heterocycles. The first-order chi connectivity index (χ1) is 14.2. The zero-order chi connectivity index (χ0) is 20.1. The largest absolute Gasteiger partial charge is 0.283 e. The van der Waals surface area contributed by atoms with Crippen LogP contribution in [0, 0.1) is 6.92 Å². The molecule has 6 heteroatoms. The summed E-state index contributed by atoms with van der Waals surface area (Å²) in [7, 11) is 0. The monoisotopic (exact) mass is 419 g/mol. The third-order valence-corrected chi connectivity index (χ3v) is 6.49. The Labute approximate surface area is 178 Å². The fourth-order valence-corrected chi connectivity index (χ4v) is 4.92. The standard InChI is InChI=1S/C23H21N3OS2/c1-17-9-10-20-21(12-17)29-23(25-20)26(14-19-8-5-11-24-13-19)22(27)16-28-15-18-6-3-2-4-7-18/h2-13H,14-16H2,1H3. The number of aromatic nitrogens is 2. The lowest BCUT2D eigenvalue weighted by Gasteiger charge is -2.19. The van der Waals surface area contributed by atoms with Crippen LogP contribution in [-0.4, -0.2) is 21.6 Å².